The Kier molecular flexibility index (Phi) is 2.19. The van der Waals surface area contributed by atoms with Gasteiger partial charge in [0.25, 0.3) is 6.20 Å². The van der Waals surface area contributed by atoms with Gasteiger partial charge in [-0.05, 0) is 6.08 Å². The van der Waals surface area contributed by atoms with Crippen LogP contribution in [0.2, 0.25) is 0 Å². The fourth-order valence-corrected chi connectivity index (χ4v) is 2.59. The first-order valence-electron chi connectivity index (χ1n) is 5.18. The molecule has 0 radical (unpaired) electrons. The molecule has 1 atom stereocenters. The topological polar surface area (TPSA) is 70.8 Å². The van der Waals surface area contributed by atoms with Crippen LogP contribution in [0.1, 0.15) is 0 Å². The Morgan fingerprint density at radius 3 is 3.12 bits per heavy atom. The molecule has 1 unspecified atom stereocenters. The van der Waals surface area contributed by atoms with Crippen molar-refractivity contribution in [2.75, 3.05) is 13.1 Å². The quantitative estimate of drug-likeness (QED) is 0.583. The Hall–Kier alpha value is -1.82. The number of allylic oxidation sites excluding steroid dienone is 2. The highest BCUT2D eigenvalue weighted by atomic mass is 35.5. The van der Waals surface area contributed by atoms with Crippen LogP contribution in [0.5, 0.6) is 0 Å². The van der Waals surface area contributed by atoms with Crippen LogP contribution in [0, 0.1) is 10.1 Å². The molecule has 17 heavy (non-hydrogen) atoms. The number of rotatable bonds is 2. The first-order chi connectivity index (χ1) is 8.16. The zero-order chi connectivity index (χ0) is 12.0. The predicted molar refractivity (Wildman–Crippen MR) is 63.0 cm³/mol. The van der Waals surface area contributed by atoms with Gasteiger partial charge >= 0.3 is 0 Å². The van der Waals surface area contributed by atoms with E-state index in [-0.39, 0.29) is 6.04 Å². The van der Waals surface area contributed by atoms with E-state index in [4.69, 9.17) is 11.6 Å². The van der Waals surface area contributed by atoms with E-state index in [1.54, 1.807) is 6.21 Å². The fraction of sp³-hybridized carbons (Fsp3) is 0.300. The van der Waals surface area contributed by atoms with E-state index in [2.05, 4.69) is 10.3 Å². The van der Waals surface area contributed by atoms with Gasteiger partial charge in [0.15, 0.2) is 5.82 Å². The van der Waals surface area contributed by atoms with Crippen molar-refractivity contribution in [3.8, 4) is 0 Å². The lowest BCUT2D eigenvalue weighted by Crippen LogP contribution is -2.33. The van der Waals surface area contributed by atoms with E-state index < -0.39 is 4.92 Å². The summed E-state index contributed by atoms with van der Waals surface area (Å²) in [5.41, 5.74) is 1.77. The van der Waals surface area contributed by atoms with Crippen molar-refractivity contribution in [3.05, 3.63) is 44.5 Å². The van der Waals surface area contributed by atoms with Gasteiger partial charge in [-0.3, -0.25) is 15.1 Å². The van der Waals surface area contributed by atoms with Gasteiger partial charge in [0, 0.05) is 24.9 Å². The van der Waals surface area contributed by atoms with Crippen LogP contribution < -0.4 is 5.32 Å². The molecule has 3 rings (SSSR count). The van der Waals surface area contributed by atoms with Crippen molar-refractivity contribution in [2.24, 2.45) is 4.99 Å². The average Bonchev–Trinajstić information content (AvgIpc) is 2.89. The van der Waals surface area contributed by atoms with E-state index in [0.29, 0.717) is 23.9 Å². The van der Waals surface area contributed by atoms with Crippen molar-refractivity contribution in [2.45, 2.75) is 6.04 Å². The summed E-state index contributed by atoms with van der Waals surface area (Å²) < 4.78 is 0. The molecule has 1 aliphatic carbocycles. The molecule has 0 aromatic heterocycles. The fourth-order valence-electron chi connectivity index (χ4n) is 2.31. The number of aliphatic imine (C=N–C) groups is 1. The van der Waals surface area contributed by atoms with Crippen LogP contribution in [0.15, 0.2) is 39.4 Å². The van der Waals surface area contributed by atoms with Crippen LogP contribution in [-0.4, -0.2) is 35.2 Å². The van der Waals surface area contributed by atoms with Crippen LogP contribution in [0.25, 0.3) is 0 Å². The second kappa shape index (κ2) is 3.59. The Morgan fingerprint density at radius 2 is 2.53 bits per heavy atom. The maximum Gasteiger partial charge on any atom is 0.274 e. The number of hydrogen-bond acceptors (Lipinski definition) is 5. The summed E-state index contributed by atoms with van der Waals surface area (Å²) in [6, 6.07) is -0.0660. The standard InChI is InChI=1S/C10H9ClN4O2/c11-7-3-6-4-13-9(7)10(6)14-2-1-12-8(14)5-15(16)17/h3-5,10,12H,1-2H2/b8-5+. The Labute approximate surface area is 102 Å². The molecule has 1 saturated heterocycles. The molecule has 2 heterocycles. The summed E-state index contributed by atoms with van der Waals surface area (Å²) in [5, 5.41) is 14.2. The number of fused-ring (bicyclic) bond motifs is 2. The Morgan fingerprint density at radius 1 is 1.71 bits per heavy atom. The lowest BCUT2D eigenvalue weighted by molar-refractivity contribution is -0.404. The molecule has 0 aromatic carbocycles. The second-order valence-electron chi connectivity index (χ2n) is 3.96. The van der Waals surface area contributed by atoms with E-state index in [9.17, 15) is 10.1 Å². The predicted octanol–water partition coefficient (Wildman–Crippen LogP) is 0.811. The van der Waals surface area contributed by atoms with Crippen LogP contribution >= 0.6 is 11.6 Å². The minimum Gasteiger partial charge on any atom is -0.365 e. The maximum atomic E-state index is 10.5. The van der Waals surface area contributed by atoms with Gasteiger partial charge in [-0.1, -0.05) is 11.6 Å². The third-order valence-corrected chi connectivity index (χ3v) is 3.28. The molecule has 2 aliphatic heterocycles. The van der Waals surface area contributed by atoms with Crippen LogP contribution in [0.4, 0.5) is 0 Å². The summed E-state index contributed by atoms with van der Waals surface area (Å²) in [6.45, 7) is 1.40. The van der Waals surface area contributed by atoms with E-state index in [0.717, 1.165) is 17.5 Å². The molecular formula is C10H9ClN4O2. The first kappa shape index (κ1) is 10.3. The molecule has 0 amide bonds. The van der Waals surface area contributed by atoms with Crippen molar-refractivity contribution < 1.29 is 4.92 Å². The van der Waals surface area contributed by atoms with E-state index in [1.165, 1.54) is 0 Å². The number of nitrogens with zero attached hydrogens (tertiary/aromatic N) is 3. The van der Waals surface area contributed by atoms with Crippen molar-refractivity contribution in [3.63, 3.8) is 0 Å². The zero-order valence-electron chi connectivity index (χ0n) is 8.76. The van der Waals surface area contributed by atoms with Gasteiger partial charge in [0.2, 0.25) is 0 Å². The summed E-state index contributed by atoms with van der Waals surface area (Å²) in [7, 11) is 0. The minimum absolute atomic E-state index is 0.0660. The zero-order valence-corrected chi connectivity index (χ0v) is 9.52. The number of nitro groups is 1. The highest BCUT2D eigenvalue weighted by molar-refractivity contribution is 6.33. The summed E-state index contributed by atoms with van der Waals surface area (Å²) in [5.74, 6) is 0.514. The maximum absolute atomic E-state index is 10.5. The number of hydrogen-bond donors (Lipinski definition) is 1. The monoisotopic (exact) mass is 252 g/mol. The largest absolute Gasteiger partial charge is 0.365 e. The molecule has 1 N–H and O–H groups in total. The lowest BCUT2D eigenvalue weighted by Gasteiger charge is -2.24. The molecule has 6 nitrogen and oxygen atoms in total. The lowest BCUT2D eigenvalue weighted by atomic mass is 10.1. The smallest absolute Gasteiger partial charge is 0.274 e. The molecular weight excluding hydrogens is 244 g/mol. The molecule has 7 heteroatoms. The highest BCUT2D eigenvalue weighted by Crippen LogP contribution is 2.38. The molecule has 3 aliphatic rings. The van der Waals surface area contributed by atoms with Crippen molar-refractivity contribution >= 4 is 17.8 Å². The van der Waals surface area contributed by atoms with Crippen LogP contribution in [0.3, 0.4) is 0 Å². The molecule has 1 fully saturated rings. The van der Waals surface area contributed by atoms with Crippen molar-refractivity contribution in [1.82, 2.24) is 10.2 Å². The summed E-state index contributed by atoms with van der Waals surface area (Å²) in [4.78, 5) is 16.2. The Balaban J connectivity index is 1.92. The van der Waals surface area contributed by atoms with Gasteiger partial charge in [0.05, 0.1) is 15.7 Å². The third-order valence-electron chi connectivity index (χ3n) is 2.97. The van der Waals surface area contributed by atoms with Gasteiger partial charge in [0.1, 0.15) is 6.04 Å². The van der Waals surface area contributed by atoms with Crippen molar-refractivity contribution in [1.29, 1.82) is 0 Å². The molecule has 88 valence electrons. The highest BCUT2D eigenvalue weighted by Gasteiger charge is 2.38. The first-order valence-corrected chi connectivity index (χ1v) is 5.56. The summed E-state index contributed by atoms with van der Waals surface area (Å²) in [6.07, 6.45) is 4.60. The van der Waals surface area contributed by atoms with E-state index in [1.807, 2.05) is 11.0 Å². The second-order valence-corrected chi connectivity index (χ2v) is 4.37. The van der Waals surface area contributed by atoms with Gasteiger partial charge < -0.3 is 10.2 Å². The summed E-state index contributed by atoms with van der Waals surface area (Å²) >= 11 is 6.02. The number of nitrogens with one attached hydrogen (secondary N) is 1. The minimum atomic E-state index is -0.456. The SMILES string of the molecule is O=[N+]([O-])/C=C1\NCCN1C1C2=CC(Cl)=C1N=C2. The normalized spacial score (nSPS) is 28.1. The Bertz CT molecular complexity index is 520. The van der Waals surface area contributed by atoms with Gasteiger partial charge in [-0.25, -0.2) is 0 Å². The van der Waals surface area contributed by atoms with Crippen LogP contribution in [-0.2, 0) is 0 Å². The van der Waals surface area contributed by atoms with Gasteiger partial charge in [-0.15, -0.1) is 0 Å². The molecule has 0 aromatic rings. The third kappa shape index (κ3) is 1.52. The van der Waals surface area contributed by atoms with E-state index >= 15 is 0 Å². The molecule has 2 bridgehead atoms. The molecule has 0 saturated carbocycles. The number of halogens is 1. The van der Waals surface area contributed by atoms with Gasteiger partial charge in [-0.2, -0.15) is 0 Å². The molecule has 0 spiro atoms. The average molecular weight is 253 g/mol.